The highest BCUT2D eigenvalue weighted by atomic mass is 19.3. The van der Waals surface area contributed by atoms with Gasteiger partial charge in [-0.05, 0) is 26.0 Å². The summed E-state index contributed by atoms with van der Waals surface area (Å²) in [7, 11) is 0. The van der Waals surface area contributed by atoms with Crippen LogP contribution in [0, 0.1) is 6.92 Å². The maximum Gasteiger partial charge on any atom is 0.282 e. The highest BCUT2D eigenvalue weighted by molar-refractivity contribution is 5.48. The Balaban J connectivity index is 3.03. The van der Waals surface area contributed by atoms with Gasteiger partial charge in [-0.1, -0.05) is 0 Å². The number of hydrogen-bond donors (Lipinski definition) is 1. The zero-order valence-electron chi connectivity index (χ0n) is 7.64. The maximum absolute atomic E-state index is 12.4. The Morgan fingerprint density at radius 2 is 2.15 bits per heavy atom. The van der Waals surface area contributed by atoms with Gasteiger partial charge >= 0.3 is 0 Å². The molecule has 1 N–H and O–H groups in total. The Kier molecular flexibility index (Phi) is 3.17. The molecule has 1 heterocycles. The van der Waals surface area contributed by atoms with Gasteiger partial charge in [0.1, 0.15) is 5.69 Å². The van der Waals surface area contributed by atoms with Crippen LogP contribution in [0.1, 0.15) is 24.7 Å². The maximum atomic E-state index is 12.4. The average Bonchev–Trinajstić information content (AvgIpc) is 2.08. The Hall–Kier alpha value is -1.19. The minimum absolute atomic E-state index is 0.165. The second-order valence-corrected chi connectivity index (χ2v) is 2.72. The first-order chi connectivity index (χ1) is 6.15. The van der Waals surface area contributed by atoms with Crippen molar-refractivity contribution in [3.05, 3.63) is 23.5 Å². The first-order valence-corrected chi connectivity index (χ1v) is 4.14. The summed E-state index contributed by atoms with van der Waals surface area (Å²) in [5.74, 6) is 0. The summed E-state index contributed by atoms with van der Waals surface area (Å²) in [5.41, 5.74) is 0.863. The van der Waals surface area contributed by atoms with Gasteiger partial charge in [-0.15, -0.1) is 0 Å². The van der Waals surface area contributed by atoms with Gasteiger partial charge in [-0.25, -0.2) is 13.8 Å². The Morgan fingerprint density at radius 1 is 1.46 bits per heavy atom. The number of hydrogen-bond acceptors (Lipinski definition) is 2. The highest BCUT2D eigenvalue weighted by Gasteiger charge is 2.13. The van der Waals surface area contributed by atoms with Gasteiger partial charge in [-0.3, -0.25) is 0 Å². The SMILES string of the molecule is CCNc1ccc(C)nc1C(F)F. The highest BCUT2D eigenvalue weighted by Crippen LogP contribution is 2.24. The minimum Gasteiger partial charge on any atom is -0.384 e. The van der Waals surface area contributed by atoms with Crippen LogP contribution in [0.4, 0.5) is 14.5 Å². The van der Waals surface area contributed by atoms with E-state index in [-0.39, 0.29) is 5.69 Å². The molecule has 0 saturated heterocycles. The van der Waals surface area contributed by atoms with E-state index in [4.69, 9.17) is 0 Å². The van der Waals surface area contributed by atoms with Crippen molar-refractivity contribution in [3.8, 4) is 0 Å². The molecule has 0 saturated carbocycles. The van der Waals surface area contributed by atoms with Gasteiger partial charge in [0.25, 0.3) is 6.43 Å². The van der Waals surface area contributed by atoms with E-state index in [2.05, 4.69) is 10.3 Å². The summed E-state index contributed by atoms with van der Waals surface area (Å²) >= 11 is 0. The molecule has 13 heavy (non-hydrogen) atoms. The molecular formula is C9H12F2N2. The predicted octanol–water partition coefficient (Wildman–Crippen LogP) is 2.76. The van der Waals surface area contributed by atoms with Gasteiger partial charge in [0.2, 0.25) is 0 Å². The predicted molar refractivity (Wildman–Crippen MR) is 48.1 cm³/mol. The largest absolute Gasteiger partial charge is 0.384 e. The number of alkyl halides is 2. The Morgan fingerprint density at radius 3 is 2.69 bits per heavy atom. The van der Waals surface area contributed by atoms with Crippen LogP contribution < -0.4 is 5.32 Å². The van der Waals surface area contributed by atoms with Crippen LogP contribution in [0.2, 0.25) is 0 Å². The lowest BCUT2D eigenvalue weighted by Gasteiger charge is -2.09. The summed E-state index contributed by atoms with van der Waals surface area (Å²) < 4.78 is 24.9. The summed E-state index contributed by atoms with van der Waals surface area (Å²) in [5, 5.41) is 2.84. The van der Waals surface area contributed by atoms with Crippen molar-refractivity contribution in [3.63, 3.8) is 0 Å². The van der Waals surface area contributed by atoms with Crippen LogP contribution in [0.5, 0.6) is 0 Å². The van der Waals surface area contributed by atoms with Crippen molar-refractivity contribution in [2.45, 2.75) is 20.3 Å². The molecule has 2 nitrogen and oxygen atoms in total. The molecule has 72 valence electrons. The Bertz CT molecular complexity index is 287. The third-order valence-electron chi connectivity index (χ3n) is 1.64. The number of nitrogens with zero attached hydrogens (tertiary/aromatic N) is 1. The lowest BCUT2D eigenvalue weighted by molar-refractivity contribution is 0.146. The van der Waals surface area contributed by atoms with E-state index in [0.717, 1.165) is 0 Å². The second kappa shape index (κ2) is 4.16. The monoisotopic (exact) mass is 186 g/mol. The van der Waals surface area contributed by atoms with Gasteiger partial charge in [0.15, 0.2) is 0 Å². The van der Waals surface area contributed by atoms with Crippen LogP contribution in [0.3, 0.4) is 0 Å². The molecule has 0 spiro atoms. The summed E-state index contributed by atoms with van der Waals surface area (Å²) in [6.45, 7) is 4.17. The van der Waals surface area contributed by atoms with Crippen LogP contribution in [0.15, 0.2) is 12.1 Å². The first kappa shape index (κ1) is 9.89. The van der Waals surface area contributed by atoms with Crippen molar-refractivity contribution >= 4 is 5.69 Å². The standard InChI is InChI=1S/C9H12F2N2/c1-3-12-7-5-4-6(2)13-8(7)9(10)11/h4-5,9,12H,3H2,1-2H3. The topological polar surface area (TPSA) is 24.9 Å². The van der Waals surface area contributed by atoms with Crippen molar-refractivity contribution < 1.29 is 8.78 Å². The van der Waals surface area contributed by atoms with Gasteiger partial charge in [0, 0.05) is 12.2 Å². The molecular weight excluding hydrogens is 174 g/mol. The zero-order valence-corrected chi connectivity index (χ0v) is 7.64. The molecule has 0 unspecified atom stereocenters. The number of rotatable bonds is 3. The molecule has 1 aromatic rings. The number of anilines is 1. The molecule has 0 bridgehead atoms. The molecule has 4 heteroatoms. The Labute approximate surface area is 76.0 Å². The quantitative estimate of drug-likeness (QED) is 0.785. The molecule has 0 aliphatic heterocycles. The van der Waals surface area contributed by atoms with Gasteiger partial charge in [0.05, 0.1) is 5.69 Å². The number of halogens is 2. The van der Waals surface area contributed by atoms with Crippen LogP contribution in [0.25, 0.3) is 0 Å². The van der Waals surface area contributed by atoms with E-state index in [1.165, 1.54) is 0 Å². The lowest BCUT2D eigenvalue weighted by Crippen LogP contribution is -2.03. The van der Waals surface area contributed by atoms with Crippen molar-refractivity contribution in [1.82, 2.24) is 4.98 Å². The van der Waals surface area contributed by atoms with E-state index in [0.29, 0.717) is 17.9 Å². The van der Waals surface area contributed by atoms with E-state index >= 15 is 0 Å². The number of pyridine rings is 1. The lowest BCUT2D eigenvalue weighted by atomic mass is 10.2. The number of nitrogens with one attached hydrogen (secondary N) is 1. The minimum atomic E-state index is -2.52. The second-order valence-electron chi connectivity index (χ2n) is 2.72. The van der Waals surface area contributed by atoms with Crippen molar-refractivity contribution in [2.75, 3.05) is 11.9 Å². The normalized spacial score (nSPS) is 10.5. The summed E-state index contributed by atoms with van der Waals surface area (Å²) in [4.78, 5) is 3.78. The molecule has 1 rings (SSSR count). The van der Waals surface area contributed by atoms with Crippen LogP contribution in [-0.4, -0.2) is 11.5 Å². The van der Waals surface area contributed by atoms with Gasteiger partial charge < -0.3 is 5.32 Å². The third-order valence-corrected chi connectivity index (χ3v) is 1.64. The molecule has 0 aromatic carbocycles. The molecule has 1 aromatic heterocycles. The summed E-state index contributed by atoms with van der Waals surface area (Å²) in [6.07, 6.45) is -2.52. The smallest absolute Gasteiger partial charge is 0.282 e. The fraction of sp³-hybridized carbons (Fsp3) is 0.444. The van der Waals surface area contributed by atoms with E-state index in [9.17, 15) is 8.78 Å². The molecule has 0 fully saturated rings. The number of aromatic nitrogens is 1. The fourth-order valence-electron chi connectivity index (χ4n) is 1.08. The van der Waals surface area contributed by atoms with E-state index in [1.807, 2.05) is 6.92 Å². The van der Waals surface area contributed by atoms with Crippen LogP contribution in [-0.2, 0) is 0 Å². The van der Waals surface area contributed by atoms with E-state index in [1.54, 1.807) is 19.1 Å². The van der Waals surface area contributed by atoms with Crippen molar-refractivity contribution in [1.29, 1.82) is 0 Å². The fourth-order valence-corrected chi connectivity index (χ4v) is 1.08. The number of aryl methyl sites for hydroxylation is 1. The summed E-state index contributed by atoms with van der Waals surface area (Å²) in [6, 6.07) is 3.34. The van der Waals surface area contributed by atoms with E-state index < -0.39 is 6.43 Å². The zero-order chi connectivity index (χ0) is 9.84. The van der Waals surface area contributed by atoms with Crippen molar-refractivity contribution in [2.24, 2.45) is 0 Å². The van der Waals surface area contributed by atoms with Crippen LogP contribution >= 0.6 is 0 Å². The molecule has 0 aliphatic rings. The first-order valence-electron chi connectivity index (χ1n) is 4.14. The molecule has 0 radical (unpaired) electrons. The molecule has 0 atom stereocenters. The molecule has 0 amide bonds. The van der Waals surface area contributed by atoms with Gasteiger partial charge in [-0.2, -0.15) is 0 Å². The average molecular weight is 186 g/mol. The molecule has 0 aliphatic carbocycles. The third kappa shape index (κ3) is 2.37.